The molecule has 0 fully saturated rings. The standard InChI is InChI=1S/C8H9F2N3O5S/c9-8(10,5-14)4-12-19(17,18)6-1-2-7(11-3-6)13(15)16/h1-3,12,14H,4-5H2. The van der Waals surface area contributed by atoms with Crippen molar-refractivity contribution < 1.29 is 27.2 Å². The van der Waals surface area contributed by atoms with Crippen LogP contribution in [0.15, 0.2) is 23.2 Å². The first-order chi connectivity index (χ1) is 8.68. The van der Waals surface area contributed by atoms with Gasteiger partial charge in [-0.1, -0.05) is 0 Å². The molecule has 0 spiro atoms. The van der Waals surface area contributed by atoms with Crippen LogP contribution in [0.3, 0.4) is 0 Å². The van der Waals surface area contributed by atoms with Gasteiger partial charge < -0.3 is 15.2 Å². The van der Waals surface area contributed by atoms with Crippen LogP contribution in [0.4, 0.5) is 14.6 Å². The van der Waals surface area contributed by atoms with Gasteiger partial charge in [-0.05, 0) is 16.0 Å². The number of nitro groups is 1. The van der Waals surface area contributed by atoms with E-state index in [1.165, 1.54) is 0 Å². The van der Waals surface area contributed by atoms with Gasteiger partial charge in [0, 0.05) is 6.07 Å². The number of aliphatic hydroxyl groups excluding tert-OH is 1. The van der Waals surface area contributed by atoms with Gasteiger partial charge in [0.05, 0.1) is 6.54 Å². The molecule has 1 rings (SSSR count). The maximum absolute atomic E-state index is 12.7. The van der Waals surface area contributed by atoms with Crippen molar-refractivity contribution in [1.82, 2.24) is 9.71 Å². The average Bonchev–Trinajstić information content (AvgIpc) is 2.37. The highest BCUT2D eigenvalue weighted by atomic mass is 32.2. The number of nitrogens with one attached hydrogen (secondary N) is 1. The van der Waals surface area contributed by atoms with E-state index in [0.29, 0.717) is 6.20 Å². The molecule has 0 amide bonds. The molecule has 0 saturated carbocycles. The van der Waals surface area contributed by atoms with E-state index in [4.69, 9.17) is 5.11 Å². The smallest absolute Gasteiger partial charge is 0.363 e. The van der Waals surface area contributed by atoms with E-state index in [-0.39, 0.29) is 0 Å². The van der Waals surface area contributed by atoms with E-state index in [1.54, 1.807) is 4.72 Å². The number of aromatic nitrogens is 1. The molecular formula is C8H9F2N3O5S. The molecule has 2 N–H and O–H groups in total. The quantitative estimate of drug-likeness (QED) is 0.558. The molecule has 0 saturated heterocycles. The SMILES string of the molecule is O=[N+]([O-])c1ccc(S(=O)(=O)NCC(F)(F)CO)cn1. The molecule has 11 heteroatoms. The third-order valence-corrected chi connectivity index (χ3v) is 3.36. The second-order valence-corrected chi connectivity index (χ2v) is 5.21. The molecule has 0 aliphatic heterocycles. The van der Waals surface area contributed by atoms with Gasteiger partial charge in [-0.25, -0.2) is 21.9 Å². The van der Waals surface area contributed by atoms with Crippen molar-refractivity contribution in [3.8, 4) is 0 Å². The maximum atomic E-state index is 12.7. The predicted molar refractivity (Wildman–Crippen MR) is 58.1 cm³/mol. The number of pyridine rings is 1. The fourth-order valence-electron chi connectivity index (χ4n) is 0.979. The van der Waals surface area contributed by atoms with Crippen molar-refractivity contribution in [3.63, 3.8) is 0 Å². The van der Waals surface area contributed by atoms with Gasteiger partial charge in [-0.2, -0.15) is 0 Å². The van der Waals surface area contributed by atoms with Crippen LogP contribution in [0.2, 0.25) is 0 Å². The fraction of sp³-hybridized carbons (Fsp3) is 0.375. The lowest BCUT2D eigenvalue weighted by Gasteiger charge is -2.13. The minimum Gasteiger partial charge on any atom is -0.390 e. The largest absolute Gasteiger partial charge is 0.390 e. The van der Waals surface area contributed by atoms with Crippen molar-refractivity contribution in [2.45, 2.75) is 10.8 Å². The van der Waals surface area contributed by atoms with Gasteiger partial charge in [-0.3, -0.25) is 0 Å². The minimum atomic E-state index is -4.27. The Bertz CT molecular complexity index is 560. The van der Waals surface area contributed by atoms with Gasteiger partial charge in [0.1, 0.15) is 11.5 Å². The van der Waals surface area contributed by atoms with E-state index < -0.39 is 44.7 Å². The zero-order valence-corrected chi connectivity index (χ0v) is 10.1. The van der Waals surface area contributed by atoms with Crippen molar-refractivity contribution in [3.05, 3.63) is 28.4 Å². The number of hydrogen-bond donors (Lipinski definition) is 2. The lowest BCUT2D eigenvalue weighted by atomic mass is 10.4. The Kier molecular flexibility index (Phi) is 4.44. The van der Waals surface area contributed by atoms with Crippen LogP contribution in [-0.2, 0) is 10.0 Å². The first kappa shape index (κ1) is 15.3. The Morgan fingerprint density at radius 1 is 1.47 bits per heavy atom. The zero-order chi connectivity index (χ0) is 14.7. The maximum Gasteiger partial charge on any atom is 0.363 e. The third-order valence-electron chi connectivity index (χ3n) is 1.97. The number of sulfonamides is 1. The highest BCUT2D eigenvalue weighted by Gasteiger charge is 2.30. The number of nitrogens with zero attached hydrogens (tertiary/aromatic N) is 2. The summed E-state index contributed by atoms with van der Waals surface area (Å²) >= 11 is 0. The Labute approximate surface area is 106 Å². The summed E-state index contributed by atoms with van der Waals surface area (Å²) in [7, 11) is -4.27. The summed E-state index contributed by atoms with van der Waals surface area (Å²) in [6.45, 7) is -2.79. The first-order valence-electron chi connectivity index (χ1n) is 4.77. The Balaban J connectivity index is 2.86. The highest BCUT2D eigenvalue weighted by Crippen LogP contribution is 2.14. The van der Waals surface area contributed by atoms with Gasteiger partial charge in [0.2, 0.25) is 10.0 Å². The molecular weight excluding hydrogens is 288 g/mol. The lowest BCUT2D eigenvalue weighted by Crippen LogP contribution is -2.38. The molecule has 1 aromatic rings. The number of rotatable bonds is 6. The summed E-state index contributed by atoms with van der Waals surface area (Å²) in [4.78, 5) is 12.2. The van der Waals surface area contributed by atoms with Crippen LogP contribution in [0.25, 0.3) is 0 Å². The van der Waals surface area contributed by atoms with Crippen LogP contribution in [0.5, 0.6) is 0 Å². The van der Waals surface area contributed by atoms with Crippen LogP contribution in [-0.4, -0.2) is 42.5 Å². The van der Waals surface area contributed by atoms with Gasteiger partial charge in [-0.15, -0.1) is 0 Å². The summed E-state index contributed by atoms with van der Waals surface area (Å²) in [5, 5.41) is 18.6. The summed E-state index contributed by atoms with van der Waals surface area (Å²) < 4.78 is 50.0. The van der Waals surface area contributed by atoms with Crippen molar-refractivity contribution >= 4 is 15.8 Å². The van der Waals surface area contributed by atoms with Crippen molar-refractivity contribution in [1.29, 1.82) is 0 Å². The van der Waals surface area contributed by atoms with E-state index in [2.05, 4.69) is 4.98 Å². The number of hydrogen-bond acceptors (Lipinski definition) is 6. The molecule has 106 valence electrons. The van der Waals surface area contributed by atoms with Gasteiger partial charge in [0.25, 0.3) is 5.92 Å². The number of alkyl halides is 2. The van der Waals surface area contributed by atoms with Crippen molar-refractivity contribution in [2.24, 2.45) is 0 Å². The van der Waals surface area contributed by atoms with E-state index in [1.807, 2.05) is 0 Å². The normalized spacial score (nSPS) is 12.4. The average molecular weight is 297 g/mol. The summed E-state index contributed by atoms with van der Waals surface area (Å²) in [5.41, 5.74) is 0. The van der Waals surface area contributed by atoms with Gasteiger partial charge in [0.15, 0.2) is 6.20 Å². The molecule has 19 heavy (non-hydrogen) atoms. The Morgan fingerprint density at radius 3 is 2.53 bits per heavy atom. The molecule has 0 aromatic carbocycles. The van der Waals surface area contributed by atoms with Crippen LogP contribution >= 0.6 is 0 Å². The first-order valence-corrected chi connectivity index (χ1v) is 6.25. The second-order valence-electron chi connectivity index (χ2n) is 3.45. The molecule has 0 radical (unpaired) electrons. The molecule has 0 bridgehead atoms. The molecule has 0 aliphatic carbocycles. The fourth-order valence-corrected chi connectivity index (χ4v) is 1.99. The van der Waals surface area contributed by atoms with Crippen LogP contribution in [0.1, 0.15) is 0 Å². The van der Waals surface area contributed by atoms with Gasteiger partial charge >= 0.3 is 5.82 Å². The number of aliphatic hydroxyl groups is 1. The number of halogens is 2. The molecule has 1 aromatic heterocycles. The lowest BCUT2D eigenvalue weighted by molar-refractivity contribution is -0.389. The molecule has 1 heterocycles. The Hall–Kier alpha value is -1.72. The summed E-state index contributed by atoms with van der Waals surface area (Å²) in [5.74, 6) is -4.17. The topological polar surface area (TPSA) is 122 Å². The molecule has 0 atom stereocenters. The summed E-state index contributed by atoms with van der Waals surface area (Å²) in [6, 6.07) is 1.70. The van der Waals surface area contributed by atoms with Crippen molar-refractivity contribution in [2.75, 3.05) is 13.2 Å². The van der Waals surface area contributed by atoms with E-state index >= 15 is 0 Å². The van der Waals surface area contributed by atoms with E-state index in [0.717, 1.165) is 12.1 Å². The molecule has 0 aliphatic rings. The third kappa shape index (κ3) is 4.15. The highest BCUT2D eigenvalue weighted by molar-refractivity contribution is 7.89. The van der Waals surface area contributed by atoms with E-state index in [9.17, 15) is 27.3 Å². The Morgan fingerprint density at radius 2 is 2.11 bits per heavy atom. The predicted octanol–water partition coefficient (Wildman–Crippen LogP) is -0.104. The molecule has 0 unspecified atom stereocenters. The van der Waals surface area contributed by atoms with Crippen LogP contribution < -0.4 is 4.72 Å². The van der Waals surface area contributed by atoms with Crippen LogP contribution in [0, 0.1) is 10.1 Å². The zero-order valence-electron chi connectivity index (χ0n) is 9.29. The summed E-state index contributed by atoms with van der Waals surface area (Å²) in [6.07, 6.45) is 0.678. The minimum absolute atomic E-state index is 0.494. The second kappa shape index (κ2) is 5.50. The molecule has 8 nitrogen and oxygen atoms in total. The monoisotopic (exact) mass is 297 g/mol.